The van der Waals surface area contributed by atoms with Gasteiger partial charge < -0.3 is 15.3 Å². The van der Waals surface area contributed by atoms with Crippen LogP contribution < -0.4 is 5.32 Å². The van der Waals surface area contributed by atoms with Crippen molar-refractivity contribution < 1.29 is 14.7 Å². The third-order valence-electron chi connectivity index (χ3n) is 2.78. The second-order valence-corrected chi connectivity index (χ2v) is 6.84. The zero-order valence-electron chi connectivity index (χ0n) is 12.1. The molecule has 0 saturated heterocycles. The van der Waals surface area contributed by atoms with E-state index in [0.717, 1.165) is 4.47 Å². The van der Waals surface area contributed by atoms with Crippen LogP contribution in [0.15, 0.2) is 22.7 Å². The minimum atomic E-state index is -0.946. The maximum absolute atomic E-state index is 12.4. The second-order valence-electron chi connectivity index (χ2n) is 5.52. The first-order chi connectivity index (χ1) is 9.61. The minimum absolute atomic E-state index is 0.112. The van der Waals surface area contributed by atoms with E-state index >= 15 is 0 Å². The number of carboxylic acid groups (broad SMARTS) is 1. The summed E-state index contributed by atoms with van der Waals surface area (Å²) in [7, 11) is 0. The number of carbonyl (C=O) groups is 2. The smallest absolute Gasteiger partial charge is 0.322 e. The molecule has 116 valence electrons. The summed E-state index contributed by atoms with van der Waals surface area (Å²) < 4.78 is 0.809. The topological polar surface area (TPSA) is 69.6 Å². The van der Waals surface area contributed by atoms with Gasteiger partial charge in [-0.1, -0.05) is 27.5 Å². The molecular weight excluding hydrogens is 360 g/mol. The van der Waals surface area contributed by atoms with Crippen molar-refractivity contribution in [2.24, 2.45) is 0 Å². The van der Waals surface area contributed by atoms with E-state index in [1.807, 2.05) is 20.8 Å². The summed E-state index contributed by atoms with van der Waals surface area (Å²) >= 11 is 9.35. The van der Waals surface area contributed by atoms with Gasteiger partial charge in [-0.05, 0) is 39.0 Å². The number of halogens is 2. The number of hydrogen-bond donors (Lipinski definition) is 2. The molecule has 0 atom stereocenters. The largest absolute Gasteiger partial charge is 0.481 e. The highest BCUT2D eigenvalue weighted by molar-refractivity contribution is 9.10. The molecule has 0 spiro atoms. The van der Waals surface area contributed by atoms with Crippen LogP contribution in [-0.2, 0) is 4.79 Å². The number of anilines is 1. The Bertz CT molecular complexity index is 544. The lowest BCUT2D eigenvalue weighted by molar-refractivity contribution is -0.137. The van der Waals surface area contributed by atoms with E-state index in [2.05, 4.69) is 21.2 Å². The van der Waals surface area contributed by atoms with Crippen molar-refractivity contribution in [3.63, 3.8) is 0 Å². The van der Waals surface area contributed by atoms with E-state index in [1.165, 1.54) is 4.90 Å². The molecule has 1 aromatic carbocycles. The van der Waals surface area contributed by atoms with Crippen LogP contribution in [0.3, 0.4) is 0 Å². The van der Waals surface area contributed by atoms with Gasteiger partial charge in [-0.2, -0.15) is 0 Å². The Kier molecular flexibility index (Phi) is 6.04. The van der Waals surface area contributed by atoms with Crippen LogP contribution in [0.2, 0.25) is 5.02 Å². The molecule has 1 aromatic rings. The van der Waals surface area contributed by atoms with E-state index in [-0.39, 0.29) is 19.0 Å². The lowest BCUT2D eigenvalue weighted by Crippen LogP contribution is -2.48. The maximum Gasteiger partial charge on any atom is 0.322 e. The van der Waals surface area contributed by atoms with Gasteiger partial charge >= 0.3 is 12.0 Å². The molecule has 2 N–H and O–H groups in total. The van der Waals surface area contributed by atoms with Gasteiger partial charge in [-0.3, -0.25) is 4.79 Å². The number of aliphatic carboxylic acids is 1. The van der Waals surface area contributed by atoms with Gasteiger partial charge in [0.05, 0.1) is 17.1 Å². The van der Waals surface area contributed by atoms with Crippen molar-refractivity contribution in [3.05, 3.63) is 27.7 Å². The van der Waals surface area contributed by atoms with E-state index < -0.39 is 11.5 Å². The van der Waals surface area contributed by atoms with Crippen molar-refractivity contribution in [1.82, 2.24) is 4.90 Å². The van der Waals surface area contributed by atoms with Crippen molar-refractivity contribution in [1.29, 1.82) is 0 Å². The number of nitrogens with one attached hydrogen (secondary N) is 1. The van der Waals surface area contributed by atoms with Crippen LogP contribution in [0.4, 0.5) is 10.5 Å². The average Bonchev–Trinajstić information content (AvgIpc) is 2.30. The third-order valence-corrected chi connectivity index (χ3v) is 3.58. The number of carboxylic acids is 1. The molecule has 1 rings (SSSR count). The first kappa shape index (κ1) is 17.8. The Morgan fingerprint density at radius 2 is 2.00 bits per heavy atom. The van der Waals surface area contributed by atoms with E-state index in [4.69, 9.17) is 16.7 Å². The zero-order chi connectivity index (χ0) is 16.2. The molecule has 0 heterocycles. The lowest BCUT2D eigenvalue weighted by Gasteiger charge is -2.35. The molecule has 21 heavy (non-hydrogen) atoms. The van der Waals surface area contributed by atoms with Crippen molar-refractivity contribution >= 4 is 45.2 Å². The molecule has 0 aliphatic rings. The quantitative estimate of drug-likeness (QED) is 0.826. The van der Waals surface area contributed by atoms with Gasteiger partial charge in [0.15, 0.2) is 0 Å². The summed E-state index contributed by atoms with van der Waals surface area (Å²) in [5.41, 5.74) is -0.0177. The molecule has 0 aromatic heterocycles. The summed E-state index contributed by atoms with van der Waals surface area (Å²) in [6.45, 7) is 5.66. The normalized spacial score (nSPS) is 11.1. The van der Waals surface area contributed by atoms with Crippen LogP contribution in [0.25, 0.3) is 0 Å². The van der Waals surface area contributed by atoms with Crippen LogP contribution >= 0.6 is 27.5 Å². The highest BCUT2D eigenvalue weighted by Gasteiger charge is 2.27. The van der Waals surface area contributed by atoms with Crippen LogP contribution in [0.5, 0.6) is 0 Å². The van der Waals surface area contributed by atoms with Gasteiger partial charge in [0.2, 0.25) is 0 Å². The summed E-state index contributed by atoms with van der Waals surface area (Å²) in [6, 6.07) is 4.74. The summed E-state index contributed by atoms with van der Waals surface area (Å²) in [5.74, 6) is -0.946. The number of benzene rings is 1. The first-order valence-electron chi connectivity index (χ1n) is 6.36. The van der Waals surface area contributed by atoms with Gasteiger partial charge in [0, 0.05) is 16.6 Å². The van der Waals surface area contributed by atoms with Crippen molar-refractivity contribution in [2.75, 3.05) is 11.9 Å². The van der Waals surface area contributed by atoms with Crippen molar-refractivity contribution in [3.8, 4) is 0 Å². The molecule has 0 unspecified atom stereocenters. The number of nitrogens with zero attached hydrogens (tertiary/aromatic N) is 1. The fraction of sp³-hybridized carbons (Fsp3) is 0.429. The number of hydrogen-bond acceptors (Lipinski definition) is 2. The minimum Gasteiger partial charge on any atom is -0.481 e. The maximum atomic E-state index is 12.4. The van der Waals surface area contributed by atoms with Gasteiger partial charge in [-0.25, -0.2) is 4.79 Å². The molecule has 2 amide bonds. The van der Waals surface area contributed by atoms with Gasteiger partial charge in [-0.15, -0.1) is 0 Å². The predicted molar refractivity (Wildman–Crippen MR) is 86.9 cm³/mol. The number of rotatable bonds is 4. The number of urea groups is 1. The number of amides is 2. The lowest BCUT2D eigenvalue weighted by atomic mass is 10.1. The van der Waals surface area contributed by atoms with Gasteiger partial charge in [0.1, 0.15) is 0 Å². The van der Waals surface area contributed by atoms with E-state index in [1.54, 1.807) is 18.2 Å². The molecule has 0 aliphatic heterocycles. The van der Waals surface area contributed by atoms with Gasteiger partial charge in [0.25, 0.3) is 0 Å². The fourth-order valence-corrected chi connectivity index (χ4v) is 2.44. The second kappa shape index (κ2) is 7.13. The molecule has 0 bridgehead atoms. The molecule has 0 saturated carbocycles. The number of carbonyl (C=O) groups excluding carboxylic acids is 1. The average molecular weight is 378 g/mol. The predicted octanol–water partition coefficient (Wildman–Crippen LogP) is 4.21. The molecule has 0 aliphatic carbocycles. The monoisotopic (exact) mass is 376 g/mol. The molecule has 0 radical (unpaired) electrons. The molecule has 0 fully saturated rings. The molecule has 5 nitrogen and oxygen atoms in total. The Balaban J connectivity index is 2.88. The SMILES string of the molecule is CC(C)(C)N(CCC(=O)O)C(=O)Nc1ccc(Br)cc1Cl. The Labute approximate surface area is 137 Å². The van der Waals surface area contributed by atoms with Crippen LogP contribution in [-0.4, -0.2) is 34.1 Å². The highest BCUT2D eigenvalue weighted by Crippen LogP contribution is 2.26. The Morgan fingerprint density at radius 1 is 1.38 bits per heavy atom. The zero-order valence-corrected chi connectivity index (χ0v) is 14.5. The standard InChI is InChI=1S/C14H18BrClN2O3/c1-14(2,3)18(7-6-12(19)20)13(21)17-11-5-4-9(15)8-10(11)16/h4-5,8H,6-7H2,1-3H3,(H,17,21)(H,19,20). The Hall–Kier alpha value is -1.27. The fourth-order valence-electron chi connectivity index (χ4n) is 1.72. The summed E-state index contributed by atoms with van der Waals surface area (Å²) in [5, 5.41) is 11.9. The highest BCUT2D eigenvalue weighted by atomic mass is 79.9. The van der Waals surface area contributed by atoms with Crippen LogP contribution in [0.1, 0.15) is 27.2 Å². The summed E-state index contributed by atoms with van der Waals surface area (Å²) in [4.78, 5) is 24.6. The summed E-state index contributed by atoms with van der Waals surface area (Å²) in [6.07, 6.45) is -0.112. The molecular formula is C14H18BrClN2O3. The third kappa shape index (κ3) is 5.55. The Morgan fingerprint density at radius 3 is 2.48 bits per heavy atom. The van der Waals surface area contributed by atoms with Crippen LogP contribution in [0, 0.1) is 0 Å². The van der Waals surface area contributed by atoms with E-state index in [9.17, 15) is 9.59 Å². The molecule has 7 heteroatoms. The van der Waals surface area contributed by atoms with Crippen molar-refractivity contribution in [2.45, 2.75) is 32.7 Å². The first-order valence-corrected chi connectivity index (χ1v) is 7.54. The van der Waals surface area contributed by atoms with E-state index in [0.29, 0.717) is 10.7 Å².